The molecule has 0 aromatic heterocycles. The number of aliphatic hydroxyl groups is 21. The van der Waals surface area contributed by atoms with Crippen LogP contribution in [0.5, 0.6) is 0 Å². The average Bonchev–Trinajstić information content (AvgIpc) is 0.744. The zero-order valence-electron chi connectivity index (χ0n) is 79.1. The molecule has 7 rings (SSSR count). The number of rotatable bonds is 63. The molecular formula is C91H162N4O41. The molecule has 0 spiro atoms. The third-order valence-electron chi connectivity index (χ3n) is 26.2. The van der Waals surface area contributed by atoms with Crippen molar-refractivity contribution >= 4 is 29.6 Å². The van der Waals surface area contributed by atoms with Crippen LogP contribution in [-0.2, 0) is 90.3 Å². The van der Waals surface area contributed by atoms with Gasteiger partial charge in [0.2, 0.25) is 23.6 Å². The Morgan fingerprint density at radius 1 is 0.390 bits per heavy atom. The molecule has 7 aliphatic heterocycles. The summed E-state index contributed by atoms with van der Waals surface area (Å²) < 4.78 is 84.4. The number of carboxylic acid groups (broad SMARTS) is 1. The van der Waals surface area contributed by atoms with Gasteiger partial charge in [0.15, 0.2) is 37.7 Å². The second kappa shape index (κ2) is 61.7. The van der Waals surface area contributed by atoms with Crippen molar-refractivity contribution in [1.82, 2.24) is 21.3 Å². The topological polar surface area (TPSA) is 708 Å². The maximum Gasteiger partial charge on any atom is 0.364 e. The van der Waals surface area contributed by atoms with Crippen molar-refractivity contribution in [2.45, 2.75) is 479 Å². The van der Waals surface area contributed by atoms with Crippen LogP contribution in [0.15, 0.2) is 12.2 Å². The Kier molecular flexibility index (Phi) is 53.9. The monoisotopic (exact) mass is 1970 g/mol. The molecule has 7 heterocycles. The van der Waals surface area contributed by atoms with Crippen molar-refractivity contribution in [2.24, 2.45) is 0 Å². The maximum atomic E-state index is 13.8. The zero-order valence-corrected chi connectivity index (χ0v) is 79.1. The first-order valence-corrected chi connectivity index (χ1v) is 49.1. The largest absolute Gasteiger partial charge is 0.477 e. The van der Waals surface area contributed by atoms with E-state index in [-0.39, 0.29) is 6.42 Å². The molecule has 792 valence electrons. The molecule has 14 unspecified atom stereocenters. The van der Waals surface area contributed by atoms with E-state index in [0.29, 0.717) is 12.8 Å². The van der Waals surface area contributed by atoms with E-state index in [1.54, 1.807) is 0 Å². The van der Waals surface area contributed by atoms with E-state index in [0.717, 1.165) is 85.0 Å². The van der Waals surface area contributed by atoms with Crippen LogP contribution in [0.2, 0.25) is 0 Å². The summed E-state index contributed by atoms with van der Waals surface area (Å²) in [5, 5.41) is 259. The first kappa shape index (κ1) is 119. The molecule has 7 saturated heterocycles. The van der Waals surface area contributed by atoms with E-state index >= 15 is 0 Å². The Morgan fingerprint density at radius 2 is 0.779 bits per heavy atom. The van der Waals surface area contributed by atoms with E-state index in [9.17, 15) is 136 Å². The number of carbonyl (C=O) groups excluding carboxylic acids is 4. The summed E-state index contributed by atoms with van der Waals surface area (Å²) in [6, 6.07) is -6.75. The molecule has 45 heteroatoms. The Morgan fingerprint density at radius 3 is 1.26 bits per heavy atom. The number of allylic oxidation sites excluding steroid dienone is 1. The van der Waals surface area contributed by atoms with Gasteiger partial charge >= 0.3 is 5.97 Å². The number of amides is 4. The van der Waals surface area contributed by atoms with Crippen LogP contribution >= 0.6 is 0 Å². The van der Waals surface area contributed by atoms with Gasteiger partial charge in [0.25, 0.3) is 5.79 Å². The van der Waals surface area contributed by atoms with Crippen molar-refractivity contribution in [3.8, 4) is 0 Å². The molecule has 4 amide bonds. The van der Waals surface area contributed by atoms with Gasteiger partial charge in [-0.05, 0) is 19.3 Å². The minimum absolute atomic E-state index is 0.121. The highest BCUT2D eigenvalue weighted by molar-refractivity contribution is 5.77. The number of hydrogen-bond donors (Lipinski definition) is 26. The average molecular weight is 1970 g/mol. The molecule has 38 atom stereocenters. The van der Waals surface area contributed by atoms with E-state index in [1.807, 2.05) is 6.08 Å². The van der Waals surface area contributed by atoms with E-state index < -0.39 is 321 Å². The molecule has 7 fully saturated rings. The minimum atomic E-state index is -3.42. The standard InChI is InChI=1S/C91H162N4O41/c1-6-8-10-12-14-16-18-20-21-22-23-24-25-27-29-31-33-35-37-39-62(108)95-52(53(105)38-36-34-32-30-28-26-19-17-15-13-11-9-7-2)47-123-86-75(118)73(116)79(59(45-100)128-86)132-88-76(119)82(134-87-74(117)72(115)68(111)57(43-98)126-87)69(112)61(130-88)48-124-84-65(94-51(5)104)71(114)78(58(44-99)127-84)131-89-77(120)83(80(60(46-101)129-89)133-85-64(93-50(4)103)70(113)67(110)56(42-97)125-85)136-91(90(121)122)40-54(106)63(92-49(3)102)81(135-91)66(109)55(107)41-96/h36,38,52-61,63-89,96-101,105-107,109-120H,6-35,37,39-48H2,1-5H3,(H,92,102)(H,93,103)(H,94,104)(H,95,108)(H,121,122)/b38-36+/t52-,53+,54?,55+,56?,57?,58?,59?,60?,61?,63+,64?,65?,66+,67-,68-,69-,70+,71+,72-,73+,74?,75?,76?,77?,78+,79+,80-,81?,82-,83+,84+,85-,86+,87+,88-,89-,91-/m0/s1. The van der Waals surface area contributed by atoms with Gasteiger partial charge in [-0.1, -0.05) is 206 Å². The Labute approximate surface area is 794 Å². The summed E-state index contributed by atoms with van der Waals surface area (Å²) in [5.74, 6) is -8.76. The molecule has 0 saturated carbocycles. The van der Waals surface area contributed by atoms with Crippen LogP contribution in [-0.4, -0.2) is 427 Å². The fourth-order valence-electron chi connectivity index (χ4n) is 18.3. The van der Waals surface area contributed by atoms with Crippen molar-refractivity contribution in [1.29, 1.82) is 0 Å². The lowest BCUT2D eigenvalue weighted by atomic mass is 9.88. The van der Waals surface area contributed by atoms with Crippen molar-refractivity contribution in [3.05, 3.63) is 12.2 Å². The Balaban J connectivity index is 1.09. The predicted molar refractivity (Wildman–Crippen MR) is 474 cm³/mol. The normalized spacial score (nSPS) is 36.6. The third-order valence-corrected chi connectivity index (χ3v) is 26.2. The molecule has 0 bridgehead atoms. The second-order valence-corrected chi connectivity index (χ2v) is 37.1. The van der Waals surface area contributed by atoms with Gasteiger partial charge in [0.1, 0.15) is 165 Å². The van der Waals surface area contributed by atoms with E-state index in [2.05, 4.69) is 35.1 Å². The van der Waals surface area contributed by atoms with Crippen molar-refractivity contribution in [3.63, 3.8) is 0 Å². The molecule has 0 aliphatic carbocycles. The molecule has 0 radical (unpaired) electrons. The number of aliphatic carboxylic acids is 1. The molecule has 7 aliphatic rings. The quantitative estimate of drug-likeness (QED) is 0.0206. The number of ether oxygens (including phenoxy) is 14. The molecule has 26 N–H and O–H groups in total. The highest BCUT2D eigenvalue weighted by Crippen LogP contribution is 2.42. The number of unbranched alkanes of at least 4 members (excludes halogenated alkanes) is 29. The number of aliphatic hydroxyl groups excluding tert-OH is 21. The van der Waals surface area contributed by atoms with Crippen molar-refractivity contribution < 1.29 is 203 Å². The second-order valence-electron chi connectivity index (χ2n) is 37.1. The summed E-state index contributed by atoms with van der Waals surface area (Å²) >= 11 is 0. The molecule has 136 heavy (non-hydrogen) atoms. The van der Waals surface area contributed by atoms with Crippen LogP contribution in [0, 0.1) is 0 Å². The smallest absolute Gasteiger partial charge is 0.364 e. The van der Waals surface area contributed by atoms with Crippen LogP contribution in [0.3, 0.4) is 0 Å². The highest BCUT2D eigenvalue weighted by atomic mass is 16.8. The summed E-state index contributed by atoms with van der Waals surface area (Å²) in [5.41, 5.74) is 0. The first-order chi connectivity index (χ1) is 65.1. The number of nitrogens with one attached hydrogen (secondary N) is 4. The fraction of sp³-hybridized carbons (Fsp3) is 0.923. The molecule has 0 aromatic carbocycles. The SMILES string of the molecule is CCCCCCCCCCCCC/C=C/[C@@H](O)[C@H](CO[C@@H]1OC(CO)[C@@H](O[C@@H]2OC(CO[C@@H]3OC(CO)[C@@H](O[C@@H]4OC(CO)[C@H](O[C@@H]5OC(CO)[C@H](O)[C@H](O)C5NC(C)=O)[C@H](O[C@]5(C(=O)O)CC(O)[C@@H](NC(C)=O)C([C@H](O)[C@H](O)CO)O5)C4O)[C@H](O)C3NC(C)=O)[C@H](O)[C@H](O[C@H]3OC(CO)[C@H](O)[C@H](O)C3O)C2O)[C@H](O)C1O)NC(=O)CCCCCCCCCCCCCCCCCCCCC. The molecule has 0 aromatic rings. The summed E-state index contributed by atoms with van der Waals surface area (Å²) in [6.07, 6.45) is -31.8. The Hall–Kier alpha value is -4.31. The summed E-state index contributed by atoms with van der Waals surface area (Å²) in [6.45, 7) is -1.13. The number of hydrogen-bond acceptors (Lipinski definition) is 40. The van der Waals surface area contributed by atoms with Gasteiger partial charge in [0, 0.05) is 33.6 Å². The lowest BCUT2D eigenvalue weighted by Gasteiger charge is -2.52. The maximum absolute atomic E-state index is 13.8. The van der Waals surface area contributed by atoms with Crippen LogP contribution < -0.4 is 21.3 Å². The number of carboxylic acids is 1. The van der Waals surface area contributed by atoms with E-state index in [4.69, 9.17) is 66.3 Å². The minimum Gasteiger partial charge on any atom is -0.477 e. The zero-order chi connectivity index (χ0) is 99.9. The lowest BCUT2D eigenvalue weighted by molar-refractivity contribution is -0.399. The van der Waals surface area contributed by atoms with Gasteiger partial charge in [0.05, 0.1) is 77.1 Å². The van der Waals surface area contributed by atoms with Gasteiger partial charge in [-0.15, -0.1) is 0 Å². The van der Waals surface area contributed by atoms with Crippen LogP contribution in [0.25, 0.3) is 0 Å². The third kappa shape index (κ3) is 35.3. The van der Waals surface area contributed by atoms with Gasteiger partial charge in [-0.3, -0.25) is 19.2 Å². The molecule has 45 nitrogen and oxygen atoms in total. The fourth-order valence-corrected chi connectivity index (χ4v) is 18.3. The summed E-state index contributed by atoms with van der Waals surface area (Å²) in [4.78, 5) is 65.9. The first-order valence-electron chi connectivity index (χ1n) is 49.1. The van der Waals surface area contributed by atoms with Gasteiger partial charge < -0.3 is 200 Å². The predicted octanol–water partition coefficient (Wildman–Crippen LogP) is -3.69. The lowest BCUT2D eigenvalue weighted by Crippen LogP contribution is -2.72. The highest BCUT2D eigenvalue weighted by Gasteiger charge is 2.63. The van der Waals surface area contributed by atoms with Crippen molar-refractivity contribution in [2.75, 3.05) is 52.9 Å². The molecular weight excluding hydrogens is 1800 g/mol. The number of carbonyl (C=O) groups is 5. The van der Waals surface area contributed by atoms with Gasteiger partial charge in [-0.2, -0.15) is 0 Å². The van der Waals surface area contributed by atoms with Gasteiger partial charge in [-0.25, -0.2) is 4.79 Å². The van der Waals surface area contributed by atoms with E-state index in [1.165, 1.54) is 128 Å². The van der Waals surface area contributed by atoms with Crippen LogP contribution in [0.1, 0.15) is 247 Å². The summed E-state index contributed by atoms with van der Waals surface area (Å²) in [7, 11) is 0. The van der Waals surface area contributed by atoms with Crippen LogP contribution in [0.4, 0.5) is 0 Å². The Bertz CT molecular complexity index is 3370.